The van der Waals surface area contributed by atoms with Crippen LogP contribution in [0.25, 0.3) is 11.1 Å². The Balaban J connectivity index is 2.24. The van der Waals surface area contributed by atoms with Gasteiger partial charge in [-0.2, -0.15) is 0 Å². The molecule has 0 saturated heterocycles. The largest absolute Gasteiger partial charge is 0.382 e. The third-order valence-corrected chi connectivity index (χ3v) is 3.20. The van der Waals surface area contributed by atoms with Crippen LogP contribution in [-0.2, 0) is 0 Å². The van der Waals surface area contributed by atoms with E-state index in [9.17, 15) is 13.9 Å². The molecule has 18 heavy (non-hydrogen) atoms. The van der Waals surface area contributed by atoms with Gasteiger partial charge < -0.3 is 5.11 Å². The highest BCUT2D eigenvalue weighted by molar-refractivity contribution is 9.10. The van der Waals surface area contributed by atoms with E-state index in [2.05, 4.69) is 15.9 Å². The maximum absolute atomic E-state index is 12.3. The molecule has 2 aromatic rings. The summed E-state index contributed by atoms with van der Waals surface area (Å²) in [5, 5.41) is 9.24. The van der Waals surface area contributed by atoms with E-state index < -0.39 is 12.5 Å². The third kappa shape index (κ3) is 2.94. The molecule has 0 bridgehead atoms. The zero-order chi connectivity index (χ0) is 13.1. The second kappa shape index (κ2) is 5.59. The molecule has 0 radical (unpaired) electrons. The Hall–Kier alpha value is -1.26. The Labute approximate surface area is 112 Å². The van der Waals surface area contributed by atoms with Crippen molar-refractivity contribution < 1.29 is 13.9 Å². The molecule has 0 heterocycles. The number of aliphatic hydroxyl groups excluding tert-OH is 1. The van der Waals surface area contributed by atoms with Crippen molar-refractivity contribution in [2.45, 2.75) is 12.5 Å². The van der Waals surface area contributed by atoms with Gasteiger partial charge in [-0.3, -0.25) is 0 Å². The summed E-state index contributed by atoms with van der Waals surface area (Å²) < 4.78 is 25.6. The highest BCUT2D eigenvalue weighted by Gasteiger charge is 2.18. The topological polar surface area (TPSA) is 20.2 Å². The first-order valence-electron chi connectivity index (χ1n) is 5.40. The van der Waals surface area contributed by atoms with Crippen molar-refractivity contribution in [1.82, 2.24) is 0 Å². The predicted octanol–water partition coefficient (Wildman–Crippen LogP) is 4.41. The summed E-state index contributed by atoms with van der Waals surface area (Å²) in [5.74, 6) is 0. The summed E-state index contributed by atoms with van der Waals surface area (Å²) in [6.07, 6.45) is -4.48. The normalized spacial score (nSPS) is 12.7. The second-order valence-electron chi connectivity index (χ2n) is 3.91. The average molecular weight is 313 g/mol. The van der Waals surface area contributed by atoms with E-state index in [0.29, 0.717) is 0 Å². The molecular formula is C14H11BrF2O. The Kier molecular flexibility index (Phi) is 4.09. The van der Waals surface area contributed by atoms with E-state index >= 15 is 0 Å². The maximum atomic E-state index is 12.3. The number of alkyl halides is 2. The van der Waals surface area contributed by atoms with Crippen molar-refractivity contribution in [2.75, 3.05) is 0 Å². The number of hydrogen-bond acceptors (Lipinski definition) is 1. The molecule has 2 aromatic carbocycles. The van der Waals surface area contributed by atoms with Crippen LogP contribution in [0.4, 0.5) is 8.78 Å². The average Bonchev–Trinajstić information content (AvgIpc) is 2.39. The summed E-state index contributed by atoms with van der Waals surface area (Å²) in [6, 6.07) is 14.2. The smallest absolute Gasteiger partial charge is 0.268 e. The van der Waals surface area contributed by atoms with E-state index in [0.717, 1.165) is 15.6 Å². The van der Waals surface area contributed by atoms with Gasteiger partial charge in [0.1, 0.15) is 6.10 Å². The molecule has 0 aliphatic heterocycles. The van der Waals surface area contributed by atoms with Gasteiger partial charge >= 0.3 is 0 Å². The molecule has 0 aliphatic rings. The number of aliphatic hydroxyl groups is 1. The zero-order valence-corrected chi connectivity index (χ0v) is 10.9. The van der Waals surface area contributed by atoms with Gasteiger partial charge in [-0.1, -0.05) is 52.3 Å². The summed E-state index contributed by atoms with van der Waals surface area (Å²) >= 11 is 3.35. The molecule has 0 unspecified atom stereocenters. The SMILES string of the molecule is O[C@H](c1ccc(-c2ccc(Br)cc2)cc1)C(F)F. The molecule has 4 heteroatoms. The molecular weight excluding hydrogens is 302 g/mol. The highest BCUT2D eigenvalue weighted by atomic mass is 79.9. The fourth-order valence-corrected chi connectivity index (χ4v) is 1.92. The molecule has 0 amide bonds. The van der Waals surface area contributed by atoms with Crippen molar-refractivity contribution in [1.29, 1.82) is 0 Å². The van der Waals surface area contributed by atoms with Gasteiger partial charge in [0.15, 0.2) is 0 Å². The Bertz CT molecular complexity index is 508. The minimum absolute atomic E-state index is 0.228. The van der Waals surface area contributed by atoms with E-state index in [1.54, 1.807) is 12.1 Å². The lowest BCUT2D eigenvalue weighted by molar-refractivity contribution is -0.00577. The number of rotatable bonds is 3. The molecule has 1 atom stereocenters. The first-order chi connectivity index (χ1) is 8.58. The van der Waals surface area contributed by atoms with Crippen molar-refractivity contribution >= 4 is 15.9 Å². The number of benzene rings is 2. The standard InChI is InChI=1S/C14H11BrF2O/c15-12-7-5-10(6-8-12)9-1-3-11(4-2-9)13(18)14(16)17/h1-8,13-14,18H/t13-/m1/s1. The van der Waals surface area contributed by atoms with Gasteiger partial charge in [-0.25, -0.2) is 8.78 Å². The summed E-state index contributed by atoms with van der Waals surface area (Å²) in [4.78, 5) is 0. The van der Waals surface area contributed by atoms with Crippen LogP contribution in [0.1, 0.15) is 11.7 Å². The first kappa shape index (κ1) is 13.2. The van der Waals surface area contributed by atoms with Gasteiger partial charge in [0.05, 0.1) is 0 Å². The minimum atomic E-state index is -2.76. The molecule has 2 rings (SSSR count). The van der Waals surface area contributed by atoms with E-state index in [-0.39, 0.29) is 5.56 Å². The van der Waals surface area contributed by atoms with Crippen molar-refractivity contribution in [2.24, 2.45) is 0 Å². The van der Waals surface area contributed by atoms with Gasteiger partial charge in [-0.15, -0.1) is 0 Å². The van der Waals surface area contributed by atoms with E-state index in [1.807, 2.05) is 24.3 Å². The zero-order valence-electron chi connectivity index (χ0n) is 9.35. The van der Waals surface area contributed by atoms with Crippen LogP contribution in [0.2, 0.25) is 0 Å². The second-order valence-corrected chi connectivity index (χ2v) is 4.82. The van der Waals surface area contributed by atoms with Crippen LogP contribution in [-0.4, -0.2) is 11.5 Å². The summed E-state index contributed by atoms with van der Waals surface area (Å²) in [7, 11) is 0. The van der Waals surface area contributed by atoms with Crippen LogP contribution in [0.15, 0.2) is 53.0 Å². The van der Waals surface area contributed by atoms with Crippen molar-refractivity contribution in [3.8, 4) is 11.1 Å². The van der Waals surface area contributed by atoms with E-state index in [1.165, 1.54) is 12.1 Å². The van der Waals surface area contributed by atoms with Crippen LogP contribution in [0.5, 0.6) is 0 Å². The lowest BCUT2D eigenvalue weighted by Gasteiger charge is -2.10. The Morgan fingerprint density at radius 2 is 1.28 bits per heavy atom. The van der Waals surface area contributed by atoms with Gasteiger partial charge in [0, 0.05) is 4.47 Å². The number of halogens is 3. The fraction of sp³-hybridized carbons (Fsp3) is 0.143. The van der Waals surface area contributed by atoms with Gasteiger partial charge in [0.25, 0.3) is 6.43 Å². The molecule has 1 N–H and O–H groups in total. The van der Waals surface area contributed by atoms with Crippen molar-refractivity contribution in [3.05, 3.63) is 58.6 Å². The van der Waals surface area contributed by atoms with Crippen LogP contribution in [0.3, 0.4) is 0 Å². The lowest BCUT2D eigenvalue weighted by atomic mass is 10.0. The molecule has 0 aromatic heterocycles. The summed E-state index contributed by atoms with van der Waals surface area (Å²) in [5.41, 5.74) is 2.15. The Morgan fingerprint density at radius 1 is 0.833 bits per heavy atom. The van der Waals surface area contributed by atoms with Crippen LogP contribution in [0, 0.1) is 0 Å². The van der Waals surface area contributed by atoms with E-state index in [4.69, 9.17) is 0 Å². The van der Waals surface area contributed by atoms with Gasteiger partial charge in [0.2, 0.25) is 0 Å². The molecule has 0 aliphatic carbocycles. The predicted molar refractivity (Wildman–Crippen MR) is 70.5 cm³/mol. The van der Waals surface area contributed by atoms with Crippen LogP contribution >= 0.6 is 15.9 Å². The molecule has 1 nitrogen and oxygen atoms in total. The first-order valence-corrected chi connectivity index (χ1v) is 6.19. The molecule has 0 fully saturated rings. The fourth-order valence-electron chi connectivity index (χ4n) is 1.66. The molecule has 94 valence electrons. The molecule has 0 spiro atoms. The maximum Gasteiger partial charge on any atom is 0.268 e. The third-order valence-electron chi connectivity index (χ3n) is 2.67. The highest BCUT2D eigenvalue weighted by Crippen LogP contribution is 2.25. The Morgan fingerprint density at radius 3 is 1.72 bits per heavy atom. The monoisotopic (exact) mass is 312 g/mol. The number of hydrogen-bond donors (Lipinski definition) is 1. The minimum Gasteiger partial charge on any atom is -0.382 e. The lowest BCUT2D eigenvalue weighted by Crippen LogP contribution is -2.07. The summed E-state index contributed by atoms with van der Waals surface area (Å²) in [6.45, 7) is 0. The molecule has 0 saturated carbocycles. The quantitative estimate of drug-likeness (QED) is 0.889. The van der Waals surface area contributed by atoms with Gasteiger partial charge in [-0.05, 0) is 28.8 Å². The van der Waals surface area contributed by atoms with Crippen molar-refractivity contribution in [3.63, 3.8) is 0 Å². The van der Waals surface area contributed by atoms with Crippen LogP contribution < -0.4 is 0 Å².